The molecule has 0 spiro atoms. The third kappa shape index (κ3) is 3.33. The molecule has 0 radical (unpaired) electrons. The van der Waals surface area contributed by atoms with Gasteiger partial charge in [0, 0.05) is 24.5 Å². The van der Waals surface area contributed by atoms with Gasteiger partial charge in [-0.25, -0.2) is 4.98 Å². The molecule has 4 nitrogen and oxygen atoms in total. The first-order chi connectivity index (χ1) is 8.70. The van der Waals surface area contributed by atoms with Crippen molar-refractivity contribution in [2.45, 2.75) is 33.1 Å². The van der Waals surface area contributed by atoms with E-state index in [1.165, 1.54) is 0 Å². The van der Waals surface area contributed by atoms with E-state index in [2.05, 4.69) is 16.9 Å². The van der Waals surface area contributed by atoms with E-state index in [1.54, 1.807) is 0 Å². The van der Waals surface area contributed by atoms with Gasteiger partial charge in [-0.1, -0.05) is 18.5 Å². The van der Waals surface area contributed by atoms with Crippen LogP contribution in [-0.2, 0) is 11.2 Å². The second-order valence-electron chi connectivity index (χ2n) is 4.65. The summed E-state index contributed by atoms with van der Waals surface area (Å²) in [7, 11) is 0. The summed E-state index contributed by atoms with van der Waals surface area (Å²) in [5.74, 6) is 1.84. The highest BCUT2D eigenvalue weighted by Gasteiger charge is 2.18. The summed E-state index contributed by atoms with van der Waals surface area (Å²) in [5, 5.41) is 0.492. The Labute approximate surface area is 113 Å². The van der Waals surface area contributed by atoms with Crippen LogP contribution in [0.1, 0.15) is 31.2 Å². The predicted molar refractivity (Wildman–Crippen MR) is 70.2 cm³/mol. The maximum absolute atomic E-state index is 6.09. The number of nitrogens with zero attached hydrogens (tertiary/aromatic N) is 2. The molecule has 0 N–H and O–H groups in total. The number of aryl methyl sites for hydroxylation is 1. The van der Waals surface area contributed by atoms with Gasteiger partial charge in [0.25, 0.3) is 0 Å². The zero-order chi connectivity index (χ0) is 13.0. The largest absolute Gasteiger partial charge is 0.477 e. The van der Waals surface area contributed by atoms with Gasteiger partial charge in [0.2, 0.25) is 5.88 Å². The Morgan fingerprint density at radius 1 is 1.44 bits per heavy atom. The molecule has 100 valence electrons. The van der Waals surface area contributed by atoms with Crippen molar-refractivity contribution in [1.29, 1.82) is 0 Å². The molecule has 2 rings (SSSR count). The molecular weight excluding hydrogens is 252 g/mol. The van der Waals surface area contributed by atoms with E-state index >= 15 is 0 Å². The summed E-state index contributed by atoms with van der Waals surface area (Å²) < 4.78 is 11.1. The van der Waals surface area contributed by atoms with Gasteiger partial charge in [0.1, 0.15) is 11.0 Å². The maximum atomic E-state index is 6.09. The van der Waals surface area contributed by atoms with Crippen molar-refractivity contribution in [2.24, 2.45) is 5.92 Å². The smallest absolute Gasteiger partial charge is 0.221 e. The molecule has 1 fully saturated rings. The van der Waals surface area contributed by atoms with E-state index < -0.39 is 0 Å². The van der Waals surface area contributed by atoms with E-state index in [9.17, 15) is 0 Å². The average Bonchev–Trinajstić information content (AvgIpc) is 2.85. The summed E-state index contributed by atoms with van der Waals surface area (Å²) in [6.07, 6.45) is 2.87. The molecule has 1 aromatic rings. The van der Waals surface area contributed by atoms with E-state index in [0.29, 0.717) is 23.6 Å². The van der Waals surface area contributed by atoms with Crippen molar-refractivity contribution in [3.8, 4) is 5.88 Å². The molecule has 1 aliphatic heterocycles. The maximum Gasteiger partial charge on any atom is 0.221 e. The van der Waals surface area contributed by atoms with E-state index in [4.69, 9.17) is 21.1 Å². The molecule has 0 aromatic carbocycles. The third-order valence-corrected chi connectivity index (χ3v) is 3.41. The Hall–Kier alpha value is -0.870. The van der Waals surface area contributed by atoms with Crippen molar-refractivity contribution in [2.75, 3.05) is 19.8 Å². The third-order valence-electron chi connectivity index (χ3n) is 3.04. The molecule has 1 unspecified atom stereocenters. The molecule has 18 heavy (non-hydrogen) atoms. The van der Waals surface area contributed by atoms with Gasteiger partial charge in [-0.05, 0) is 19.8 Å². The van der Waals surface area contributed by atoms with Gasteiger partial charge in [-0.3, -0.25) is 0 Å². The van der Waals surface area contributed by atoms with Crippen molar-refractivity contribution in [3.63, 3.8) is 0 Å². The minimum atomic E-state index is 0.466. The van der Waals surface area contributed by atoms with Gasteiger partial charge in [-0.2, -0.15) is 4.98 Å². The molecule has 0 saturated carbocycles. The molecule has 5 heteroatoms. The quantitative estimate of drug-likeness (QED) is 0.772. The van der Waals surface area contributed by atoms with E-state index in [-0.39, 0.29) is 0 Å². The molecule has 1 aromatic heterocycles. The van der Waals surface area contributed by atoms with Gasteiger partial charge < -0.3 is 9.47 Å². The second kappa shape index (κ2) is 6.34. The molecule has 1 saturated heterocycles. The average molecular weight is 271 g/mol. The standard InChI is InChI=1S/C13H19ClN2O2/c1-3-4-11-15-12(14)9(2)13(16-11)18-8-10-5-6-17-7-10/h10H,3-8H2,1-2H3. The van der Waals surface area contributed by atoms with E-state index in [1.807, 2.05) is 6.92 Å². The van der Waals surface area contributed by atoms with Gasteiger partial charge in [-0.15, -0.1) is 0 Å². The fraction of sp³-hybridized carbons (Fsp3) is 0.692. The first-order valence-corrected chi connectivity index (χ1v) is 6.82. The normalized spacial score (nSPS) is 19.2. The Balaban J connectivity index is 2.05. The highest BCUT2D eigenvalue weighted by molar-refractivity contribution is 6.30. The SMILES string of the molecule is CCCc1nc(Cl)c(C)c(OCC2CCOC2)n1. The zero-order valence-electron chi connectivity index (χ0n) is 10.9. The van der Waals surface area contributed by atoms with Crippen LogP contribution in [0.25, 0.3) is 0 Å². The molecule has 1 aliphatic rings. The van der Waals surface area contributed by atoms with Crippen LogP contribution >= 0.6 is 11.6 Å². The van der Waals surface area contributed by atoms with Gasteiger partial charge in [0.05, 0.1) is 13.2 Å². The van der Waals surface area contributed by atoms with Crippen molar-refractivity contribution < 1.29 is 9.47 Å². The van der Waals surface area contributed by atoms with Crippen LogP contribution in [0, 0.1) is 12.8 Å². The lowest BCUT2D eigenvalue weighted by Gasteiger charge is -2.13. The van der Waals surface area contributed by atoms with Gasteiger partial charge >= 0.3 is 0 Å². The lowest BCUT2D eigenvalue weighted by Crippen LogP contribution is -2.14. The molecule has 2 heterocycles. The summed E-state index contributed by atoms with van der Waals surface area (Å²) in [6.45, 7) is 6.23. The Bertz CT molecular complexity index is 406. The molecule has 0 bridgehead atoms. The van der Waals surface area contributed by atoms with Crippen LogP contribution < -0.4 is 4.74 Å². The number of aromatic nitrogens is 2. The first kappa shape index (κ1) is 13.6. The van der Waals surface area contributed by atoms with Crippen LogP contribution in [0.4, 0.5) is 0 Å². The fourth-order valence-electron chi connectivity index (χ4n) is 1.90. The minimum absolute atomic E-state index is 0.466. The molecule has 0 aliphatic carbocycles. The lowest BCUT2D eigenvalue weighted by molar-refractivity contribution is 0.165. The summed E-state index contributed by atoms with van der Waals surface area (Å²) >= 11 is 6.09. The number of halogens is 1. The van der Waals surface area contributed by atoms with Crippen molar-refractivity contribution in [3.05, 3.63) is 16.5 Å². The highest BCUT2D eigenvalue weighted by atomic mass is 35.5. The minimum Gasteiger partial charge on any atom is -0.477 e. The predicted octanol–water partition coefficient (Wildman–Crippen LogP) is 2.81. The van der Waals surface area contributed by atoms with Crippen LogP contribution in [0.3, 0.4) is 0 Å². The van der Waals surface area contributed by atoms with Crippen LogP contribution in [-0.4, -0.2) is 29.8 Å². The topological polar surface area (TPSA) is 44.2 Å². The second-order valence-corrected chi connectivity index (χ2v) is 5.01. The number of rotatable bonds is 5. The Morgan fingerprint density at radius 3 is 2.94 bits per heavy atom. The Kier molecular flexibility index (Phi) is 4.78. The lowest BCUT2D eigenvalue weighted by atomic mass is 10.1. The molecule has 0 amide bonds. The zero-order valence-corrected chi connectivity index (χ0v) is 11.7. The van der Waals surface area contributed by atoms with Gasteiger partial charge in [0.15, 0.2) is 0 Å². The number of ether oxygens (including phenoxy) is 2. The molecule has 1 atom stereocenters. The first-order valence-electron chi connectivity index (χ1n) is 6.44. The summed E-state index contributed by atoms with van der Waals surface area (Å²) in [6, 6.07) is 0. The highest BCUT2D eigenvalue weighted by Crippen LogP contribution is 2.23. The summed E-state index contributed by atoms with van der Waals surface area (Å²) in [5.41, 5.74) is 0.815. The van der Waals surface area contributed by atoms with Crippen LogP contribution in [0.2, 0.25) is 5.15 Å². The van der Waals surface area contributed by atoms with Crippen molar-refractivity contribution in [1.82, 2.24) is 9.97 Å². The monoisotopic (exact) mass is 270 g/mol. The summed E-state index contributed by atoms with van der Waals surface area (Å²) in [4.78, 5) is 8.68. The van der Waals surface area contributed by atoms with Crippen LogP contribution in [0.15, 0.2) is 0 Å². The van der Waals surface area contributed by atoms with Crippen molar-refractivity contribution >= 4 is 11.6 Å². The number of hydrogen-bond donors (Lipinski definition) is 0. The Morgan fingerprint density at radius 2 is 2.28 bits per heavy atom. The molecular formula is C13H19ClN2O2. The van der Waals surface area contributed by atoms with E-state index in [0.717, 1.165) is 43.9 Å². The fourth-order valence-corrected chi connectivity index (χ4v) is 2.08. The number of hydrogen-bond acceptors (Lipinski definition) is 4. The van der Waals surface area contributed by atoms with Crippen LogP contribution in [0.5, 0.6) is 5.88 Å².